The fraction of sp³-hybridized carbons (Fsp3) is 0.438. The van der Waals surface area contributed by atoms with E-state index in [-0.39, 0.29) is 5.54 Å². The third-order valence-corrected chi connectivity index (χ3v) is 4.87. The van der Waals surface area contributed by atoms with Crippen LogP contribution in [0.25, 0.3) is 0 Å². The van der Waals surface area contributed by atoms with Crippen LogP contribution in [-0.2, 0) is 0 Å². The summed E-state index contributed by atoms with van der Waals surface area (Å²) >= 11 is 0. The molecule has 0 atom stereocenters. The van der Waals surface area contributed by atoms with Gasteiger partial charge in [0, 0.05) is 43.8 Å². The number of aromatic nitrogens is 3. The van der Waals surface area contributed by atoms with Crippen molar-refractivity contribution in [2.45, 2.75) is 24.8 Å². The van der Waals surface area contributed by atoms with E-state index < -0.39 is 0 Å². The summed E-state index contributed by atoms with van der Waals surface area (Å²) in [5.41, 5.74) is 1.51. The molecule has 5 nitrogen and oxygen atoms in total. The molecule has 4 heterocycles. The molecule has 2 fully saturated rings. The van der Waals surface area contributed by atoms with Gasteiger partial charge in [-0.15, -0.1) is 0 Å². The molecule has 0 amide bonds. The fourth-order valence-corrected chi connectivity index (χ4v) is 3.52. The first kappa shape index (κ1) is 12.6. The summed E-state index contributed by atoms with van der Waals surface area (Å²) in [6.45, 7) is 3.24. The highest BCUT2D eigenvalue weighted by atomic mass is 15.4. The molecule has 108 valence electrons. The highest BCUT2D eigenvalue weighted by Gasteiger charge is 2.47. The summed E-state index contributed by atoms with van der Waals surface area (Å²) in [6.07, 6.45) is 11.0. The van der Waals surface area contributed by atoms with Crippen molar-refractivity contribution in [1.82, 2.24) is 15.0 Å². The summed E-state index contributed by atoms with van der Waals surface area (Å²) in [4.78, 5) is 17.9. The van der Waals surface area contributed by atoms with Gasteiger partial charge >= 0.3 is 0 Å². The molecule has 2 aromatic rings. The van der Waals surface area contributed by atoms with E-state index in [0.717, 1.165) is 25.6 Å². The van der Waals surface area contributed by atoms with Gasteiger partial charge in [0.25, 0.3) is 0 Å². The van der Waals surface area contributed by atoms with E-state index in [4.69, 9.17) is 0 Å². The standard InChI is InChI=1S/C16H19N5/c1-3-14(13-17-7-1)20-10-4-16(5-11-20)6-12-21(16)15-18-8-2-9-19-15/h1-3,7-9,13H,4-6,10-12H2. The van der Waals surface area contributed by atoms with E-state index in [9.17, 15) is 0 Å². The lowest BCUT2D eigenvalue weighted by atomic mass is 9.76. The molecule has 0 radical (unpaired) electrons. The van der Waals surface area contributed by atoms with E-state index in [1.165, 1.54) is 24.9 Å². The topological polar surface area (TPSA) is 45.2 Å². The lowest BCUT2D eigenvalue weighted by molar-refractivity contribution is 0.215. The van der Waals surface area contributed by atoms with Crippen molar-refractivity contribution in [2.24, 2.45) is 0 Å². The second-order valence-corrected chi connectivity index (χ2v) is 5.87. The molecule has 5 heteroatoms. The summed E-state index contributed by atoms with van der Waals surface area (Å²) < 4.78 is 0. The van der Waals surface area contributed by atoms with Crippen LogP contribution in [0.2, 0.25) is 0 Å². The van der Waals surface area contributed by atoms with Crippen LogP contribution < -0.4 is 9.80 Å². The summed E-state index contributed by atoms with van der Waals surface area (Å²) in [5, 5.41) is 0. The lowest BCUT2D eigenvalue weighted by Gasteiger charge is -2.56. The van der Waals surface area contributed by atoms with Crippen molar-refractivity contribution in [1.29, 1.82) is 0 Å². The highest BCUT2D eigenvalue weighted by Crippen LogP contribution is 2.42. The molecule has 0 unspecified atom stereocenters. The molecule has 2 aliphatic heterocycles. The lowest BCUT2D eigenvalue weighted by Crippen LogP contribution is -2.65. The van der Waals surface area contributed by atoms with Gasteiger partial charge in [0.2, 0.25) is 5.95 Å². The Morgan fingerprint density at radius 2 is 1.67 bits per heavy atom. The Balaban J connectivity index is 1.48. The van der Waals surface area contributed by atoms with Crippen LogP contribution in [-0.4, -0.2) is 40.1 Å². The van der Waals surface area contributed by atoms with Crippen LogP contribution in [0.3, 0.4) is 0 Å². The number of hydrogen-bond acceptors (Lipinski definition) is 5. The first-order chi connectivity index (χ1) is 10.4. The van der Waals surface area contributed by atoms with Crippen molar-refractivity contribution < 1.29 is 0 Å². The normalized spacial score (nSPS) is 20.4. The molecule has 0 bridgehead atoms. The van der Waals surface area contributed by atoms with E-state index in [0.29, 0.717) is 0 Å². The van der Waals surface area contributed by atoms with Gasteiger partial charge in [-0.05, 0) is 37.5 Å². The average molecular weight is 281 g/mol. The van der Waals surface area contributed by atoms with Gasteiger partial charge in [0.1, 0.15) is 0 Å². The molecule has 0 N–H and O–H groups in total. The molecule has 0 aliphatic carbocycles. The molecule has 4 rings (SSSR count). The SMILES string of the molecule is c1cnc(N2CCC23CCN(c2cccnc2)CC3)nc1. The summed E-state index contributed by atoms with van der Waals surface area (Å²) in [7, 11) is 0. The first-order valence-corrected chi connectivity index (χ1v) is 7.57. The Kier molecular flexibility index (Phi) is 2.98. The van der Waals surface area contributed by atoms with Gasteiger partial charge in [0.05, 0.1) is 11.9 Å². The van der Waals surface area contributed by atoms with Gasteiger partial charge in [-0.3, -0.25) is 4.98 Å². The molecule has 0 aromatic carbocycles. The van der Waals surface area contributed by atoms with Crippen LogP contribution >= 0.6 is 0 Å². The van der Waals surface area contributed by atoms with Crippen LogP contribution in [0.5, 0.6) is 0 Å². The van der Waals surface area contributed by atoms with Gasteiger partial charge in [-0.2, -0.15) is 0 Å². The molecule has 2 aromatic heterocycles. The van der Waals surface area contributed by atoms with Crippen LogP contribution in [0.4, 0.5) is 11.6 Å². The number of hydrogen-bond donors (Lipinski definition) is 0. The molecule has 21 heavy (non-hydrogen) atoms. The smallest absolute Gasteiger partial charge is 0.225 e. The number of rotatable bonds is 2. The maximum Gasteiger partial charge on any atom is 0.225 e. The minimum atomic E-state index is 0.278. The van der Waals surface area contributed by atoms with Crippen molar-refractivity contribution in [3.8, 4) is 0 Å². The van der Waals surface area contributed by atoms with Crippen molar-refractivity contribution in [2.75, 3.05) is 29.4 Å². The number of pyridine rings is 1. The third kappa shape index (κ3) is 2.13. The fourth-order valence-electron chi connectivity index (χ4n) is 3.52. The predicted molar refractivity (Wildman–Crippen MR) is 82.4 cm³/mol. The first-order valence-electron chi connectivity index (χ1n) is 7.57. The zero-order valence-corrected chi connectivity index (χ0v) is 12.0. The zero-order valence-electron chi connectivity index (χ0n) is 12.0. The molecule has 1 spiro atoms. The molecular formula is C16H19N5. The average Bonchev–Trinajstić information content (AvgIpc) is 2.56. The van der Waals surface area contributed by atoms with Crippen molar-refractivity contribution in [3.63, 3.8) is 0 Å². The minimum Gasteiger partial charge on any atom is -0.370 e. The van der Waals surface area contributed by atoms with Gasteiger partial charge in [-0.25, -0.2) is 9.97 Å². The molecule has 0 saturated carbocycles. The maximum atomic E-state index is 4.42. The van der Waals surface area contributed by atoms with Crippen LogP contribution in [0, 0.1) is 0 Å². The van der Waals surface area contributed by atoms with Gasteiger partial charge in [0.15, 0.2) is 0 Å². The quantitative estimate of drug-likeness (QED) is 0.843. The molecule has 2 aliphatic rings. The van der Waals surface area contributed by atoms with Crippen LogP contribution in [0.15, 0.2) is 43.0 Å². The van der Waals surface area contributed by atoms with E-state index in [1.807, 2.05) is 36.9 Å². The number of nitrogens with zero attached hydrogens (tertiary/aromatic N) is 5. The van der Waals surface area contributed by atoms with Crippen molar-refractivity contribution in [3.05, 3.63) is 43.0 Å². The molecular weight excluding hydrogens is 262 g/mol. The molecule has 2 saturated heterocycles. The Hall–Kier alpha value is -2.17. The van der Waals surface area contributed by atoms with Gasteiger partial charge < -0.3 is 9.80 Å². The Labute approximate surface area is 124 Å². The second-order valence-electron chi connectivity index (χ2n) is 5.87. The zero-order chi connectivity index (χ0) is 14.1. The maximum absolute atomic E-state index is 4.42. The predicted octanol–water partition coefficient (Wildman–Crippen LogP) is 2.12. The number of piperidine rings is 1. The third-order valence-electron chi connectivity index (χ3n) is 4.87. The summed E-state index contributed by atoms with van der Waals surface area (Å²) in [6, 6.07) is 6.03. The summed E-state index contributed by atoms with van der Waals surface area (Å²) in [5.74, 6) is 0.888. The van der Waals surface area contributed by atoms with Gasteiger partial charge in [-0.1, -0.05) is 0 Å². The van der Waals surface area contributed by atoms with Crippen molar-refractivity contribution >= 4 is 11.6 Å². The Morgan fingerprint density at radius 1 is 0.905 bits per heavy atom. The Morgan fingerprint density at radius 3 is 2.29 bits per heavy atom. The second kappa shape index (κ2) is 4.98. The van der Waals surface area contributed by atoms with E-state index in [2.05, 4.69) is 30.8 Å². The highest BCUT2D eigenvalue weighted by molar-refractivity contribution is 5.47. The monoisotopic (exact) mass is 281 g/mol. The van der Waals surface area contributed by atoms with E-state index in [1.54, 1.807) is 0 Å². The van der Waals surface area contributed by atoms with E-state index >= 15 is 0 Å². The largest absolute Gasteiger partial charge is 0.370 e. The minimum absolute atomic E-state index is 0.278. The number of anilines is 2. The Bertz CT molecular complexity index is 593. The van der Waals surface area contributed by atoms with Crippen LogP contribution in [0.1, 0.15) is 19.3 Å².